The molecule has 0 unspecified atom stereocenters. The van der Waals surface area contributed by atoms with Crippen molar-refractivity contribution in [1.29, 1.82) is 0 Å². The molecule has 1 aliphatic heterocycles. The molecule has 1 N–H and O–H groups in total. The maximum atomic E-state index is 12.9. The second kappa shape index (κ2) is 8.18. The Balaban J connectivity index is 1.19. The summed E-state index contributed by atoms with van der Waals surface area (Å²) in [5.41, 5.74) is 3.30. The van der Waals surface area contributed by atoms with Gasteiger partial charge in [-0.1, -0.05) is 23.7 Å². The summed E-state index contributed by atoms with van der Waals surface area (Å²) in [5.74, 6) is 0.0546. The highest BCUT2D eigenvalue weighted by Crippen LogP contribution is 2.30. The van der Waals surface area contributed by atoms with Crippen molar-refractivity contribution in [2.45, 2.75) is 6.54 Å². The molecule has 1 amide bonds. The number of H-pyrrole nitrogens is 1. The fourth-order valence-electron chi connectivity index (χ4n) is 3.75. The first-order valence-corrected chi connectivity index (χ1v) is 11.0. The summed E-state index contributed by atoms with van der Waals surface area (Å²) < 4.78 is 0. The van der Waals surface area contributed by atoms with Crippen LogP contribution in [0, 0.1) is 0 Å². The molecular weight excluding hydrogens is 418 g/mol. The number of thiophene rings is 1. The zero-order valence-corrected chi connectivity index (χ0v) is 17.8. The van der Waals surface area contributed by atoms with Crippen molar-refractivity contribution >= 4 is 39.9 Å². The molecular formula is C22H20ClN5OS. The van der Waals surface area contributed by atoms with Crippen LogP contribution in [-0.2, 0) is 6.54 Å². The number of fused-ring (bicyclic) bond motifs is 1. The molecule has 8 heteroatoms. The van der Waals surface area contributed by atoms with Gasteiger partial charge in [0.2, 0.25) is 0 Å². The summed E-state index contributed by atoms with van der Waals surface area (Å²) >= 11 is 7.92. The number of nitrogens with one attached hydrogen (secondary N) is 1. The predicted octanol–water partition coefficient (Wildman–Crippen LogP) is 4.30. The summed E-state index contributed by atoms with van der Waals surface area (Å²) in [6.45, 7) is 4.08. The summed E-state index contributed by atoms with van der Waals surface area (Å²) in [6, 6.07) is 17.8. The first kappa shape index (κ1) is 19.2. The third kappa shape index (κ3) is 3.96. The van der Waals surface area contributed by atoms with Crippen LogP contribution in [0.25, 0.3) is 21.5 Å². The van der Waals surface area contributed by atoms with Gasteiger partial charge in [0.25, 0.3) is 5.91 Å². The van der Waals surface area contributed by atoms with Crippen molar-refractivity contribution < 1.29 is 4.79 Å². The number of carbonyl (C=O) groups excluding carboxylic acids is 1. The number of aromatic amines is 1. The van der Waals surface area contributed by atoms with Crippen LogP contribution < -0.4 is 0 Å². The van der Waals surface area contributed by atoms with Crippen LogP contribution in [0.5, 0.6) is 0 Å². The van der Waals surface area contributed by atoms with E-state index in [4.69, 9.17) is 11.6 Å². The summed E-state index contributed by atoms with van der Waals surface area (Å²) in [4.78, 5) is 19.7. The average Bonchev–Trinajstić information content (AvgIpc) is 3.43. The van der Waals surface area contributed by atoms with Gasteiger partial charge in [-0.3, -0.25) is 9.69 Å². The lowest BCUT2D eigenvalue weighted by Crippen LogP contribution is -2.48. The molecule has 30 heavy (non-hydrogen) atoms. The molecule has 0 aliphatic carbocycles. The zero-order chi connectivity index (χ0) is 20.5. The fourth-order valence-corrected chi connectivity index (χ4v) is 4.98. The maximum absolute atomic E-state index is 12.9. The van der Waals surface area contributed by atoms with Crippen molar-refractivity contribution in [3.05, 3.63) is 70.1 Å². The van der Waals surface area contributed by atoms with Crippen LogP contribution in [0.15, 0.2) is 54.6 Å². The molecule has 1 fully saturated rings. The van der Waals surface area contributed by atoms with E-state index < -0.39 is 0 Å². The van der Waals surface area contributed by atoms with Crippen molar-refractivity contribution in [3.63, 3.8) is 0 Å². The van der Waals surface area contributed by atoms with Crippen LogP contribution >= 0.6 is 22.9 Å². The van der Waals surface area contributed by atoms with Crippen LogP contribution in [0.1, 0.15) is 15.2 Å². The van der Waals surface area contributed by atoms with E-state index in [-0.39, 0.29) is 5.91 Å². The Morgan fingerprint density at radius 3 is 2.67 bits per heavy atom. The number of benzene rings is 2. The molecule has 2 aromatic carbocycles. The highest BCUT2D eigenvalue weighted by molar-refractivity contribution is 7.15. The lowest BCUT2D eigenvalue weighted by Gasteiger charge is -2.34. The normalized spacial score (nSPS) is 15.0. The number of amides is 1. The standard InChI is InChI=1S/C22H20ClN5OS/c23-17-3-1-2-15(12-17)21-7-5-18(30-21)14-27-8-10-28(11-9-27)22(29)16-4-6-19-20(13-16)25-26-24-19/h1-7,12-13H,8-11,14H2,(H,24,25,26). The molecule has 152 valence electrons. The second-order valence-electron chi connectivity index (χ2n) is 7.37. The Bertz CT molecular complexity index is 1190. The van der Waals surface area contributed by atoms with Crippen LogP contribution in [-0.4, -0.2) is 57.3 Å². The molecule has 0 atom stereocenters. The minimum absolute atomic E-state index is 0.0546. The van der Waals surface area contributed by atoms with Crippen molar-refractivity contribution in [1.82, 2.24) is 25.2 Å². The van der Waals surface area contributed by atoms with E-state index in [0.29, 0.717) is 11.1 Å². The highest BCUT2D eigenvalue weighted by Gasteiger charge is 2.23. The highest BCUT2D eigenvalue weighted by atomic mass is 35.5. The van der Waals surface area contributed by atoms with E-state index in [1.54, 1.807) is 17.4 Å². The molecule has 0 bridgehead atoms. The Morgan fingerprint density at radius 2 is 1.83 bits per heavy atom. The Kier molecular flexibility index (Phi) is 5.25. The van der Waals surface area contributed by atoms with Crippen molar-refractivity contribution in [3.8, 4) is 10.4 Å². The van der Waals surface area contributed by atoms with Crippen LogP contribution in [0.4, 0.5) is 0 Å². The van der Waals surface area contributed by atoms with Crippen LogP contribution in [0.2, 0.25) is 5.02 Å². The monoisotopic (exact) mass is 437 g/mol. The van der Waals surface area contributed by atoms with E-state index in [9.17, 15) is 4.79 Å². The van der Waals surface area contributed by atoms with Crippen molar-refractivity contribution in [2.24, 2.45) is 0 Å². The molecule has 0 saturated carbocycles. The molecule has 6 nitrogen and oxygen atoms in total. The summed E-state index contributed by atoms with van der Waals surface area (Å²) in [7, 11) is 0. The minimum atomic E-state index is 0.0546. The number of aromatic nitrogens is 3. The topological polar surface area (TPSA) is 65.1 Å². The fraction of sp³-hybridized carbons (Fsp3) is 0.227. The van der Waals surface area contributed by atoms with Gasteiger partial charge in [0.15, 0.2) is 0 Å². The van der Waals surface area contributed by atoms with E-state index in [2.05, 4.69) is 38.5 Å². The van der Waals surface area contributed by atoms with E-state index >= 15 is 0 Å². The predicted molar refractivity (Wildman–Crippen MR) is 120 cm³/mol. The molecule has 2 aromatic heterocycles. The number of hydrogen-bond acceptors (Lipinski definition) is 5. The maximum Gasteiger partial charge on any atom is 0.254 e. The second-order valence-corrected chi connectivity index (χ2v) is 8.98. The number of nitrogens with zero attached hydrogens (tertiary/aromatic N) is 4. The van der Waals surface area contributed by atoms with Gasteiger partial charge in [0.1, 0.15) is 11.0 Å². The van der Waals surface area contributed by atoms with Gasteiger partial charge in [-0.2, -0.15) is 15.4 Å². The Morgan fingerprint density at radius 1 is 1.00 bits per heavy atom. The zero-order valence-electron chi connectivity index (χ0n) is 16.2. The van der Waals surface area contributed by atoms with E-state index in [1.807, 2.05) is 35.2 Å². The minimum Gasteiger partial charge on any atom is -0.336 e. The van der Waals surface area contributed by atoms with Gasteiger partial charge in [0.05, 0.1) is 0 Å². The lowest BCUT2D eigenvalue weighted by atomic mass is 10.1. The summed E-state index contributed by atoms with van der Waals surface area (Å²) in [5, 5.41) is 11.5. The number of hydrogen-bond donors (Lipinski definition) is 1. The third-order valence-corrected chi connectivity index (χ3v) is 6.73. The number of rotatable bonds is 4. The van der Waals surface area contributed by atoms with Crippen LogP contribution in [0.3, 0.4) is 0 Å². The molecule has 4 aromatic rings. The Labute approximate surface area is 183 Å². The quantitative estimate of drug-likeness (QED) is 0.517. The first-order valence-electron chi connectivity index (χ1n) is 9.82. The molecule has 1 aliphatic rings. The number of piperazine rings is 1. The van der Waals surface area contributed by atoms with E-state index in [1.165, 1.54) is 9.75 Å². The molecule has 5 rings (SSSR count). The smallest absolute Gasteiger partial charge is 0.254 e. The molecule has 1 saturated heterocycles. The Hall–Kier alpha value is -2.74. The van der Waals surface area contributed by atoms with Gasteiger partial charge in [-0.15, -0.1) is 11.3 Å². The molecule has 3 heterocycles. The average molecular weight is 438 g/mol. The largest absolute Gasteiger partial charge is 0.336 e. The number of carbonyl (C=O) groups is 1. The first-order chi connectivity index (χ1) is 14.7. The SMILES string of the molecule is O=C(c1ccc2n[nH]nc2c1)N1CCN(Cc2ccc(-c3cccc(Cl)c3)s2)CC1. The number of halogens is 1. The molecule has 0 radical (unpaired) electrons. The van der Waals surface area contributed by atoms with Gasteiger partial charge in [0, 0.05) is 53.1 Å². The lowest BCUT2D eigenvalue weighted by molar-refractivity contribution is 0.0630. The van der Waals surface area contributed by atoms with Crippen molar-refractivity contribution in [2.75, 3.05) is 26.2 Å². The summed E-state index contributed by atoms with van der Waals surface area (Å²) in [6.07, 6.45) is 0. The van der Waals surface area contributed by atoms with Gasteiger partial charge in [-0.05, 0) is 48.0 Å². The van der Waals surface area contributed by atoms with E-state index in [0.717, 1.165) is 48.8 Å². The van der Waals surface area contributed by atoms with Gasteiger partial charge in [-0.25, -0.2) is 0 Å². The molecule has 0 spiro atoms. The third-order valence-electron chi connectivity index (χ3n) is 5.37. The van der Waals surface area contributed by atoms with Gasteiger partial charge >= 0.3 is 0 Å². The van der Waals surface area contributed by atoms with Gasteiger partial charge < -0.3 is 4.90 Å².